The van der Waals surface area contributed by atoms with Crippen LogP contribution in [0, 0.1) is 20.8 Å². The molecule has 4 heteroatoms. The van der Waals surface area contributed by atoms with Gasteiger partial charge in [-0.15, -0.1) is 0 Å². The highest BCUT2D eigenvalue weighted by atomic mass is 16.4. The van der Waals surface area contributed by atoms with E-state index in [0.717, 1.165) is 28.1 Å². The molecule has 1 aromatic carbocycles. The second kappa shape index (κ2) is 4.88. The second-order valence-corrected chi connectivity index (χ2v) is 4.97. The zero-order valence-electron chi connectivity index (χ0n) is 11.6. The molecule has 2 rings (SSSR count). The van der Waals surface area contributed by atoms with Gasteiger partial charge in [-0.2, -0.15) is 0 Å². The van der Waals surface area contributed by atoms with Gasteiger partial charge in [0.05, 0.1) is 5.69 Å². The fourth-order valence-electron chi connectivity index (χ4n) is 2.06. The van der Waals surface area contributed by atoms with Crippen LogP contribution in [0.25, 0.3) is 11.3 Å². The molecule has 1 unspecified atom stereocenters. The molecule has 19 heavy (non-hydrogen) atoms. The lowest BCUT2D eigenvalue weighted by molar-refractivity contribution is -0.138. The summed E-state index contributed by atoms with van der Waals surface area (Å²) in [5.41, 5.74) is 5.09. The zero-order valence-corrected chi connectivity index (χ0v) is 11.6. The number of carbonyl (C=O) groups is 1. The molecule has 1 aromatic heterocycles. The topological polar surface area (TPSA) is 66.0 Å². The summed E-state index contributed by atoms with van der Waals surface area (Å²) in [6.45, 7) is 7.62. The van der Waals surface area contributed by atoms with E-state index in [0.29, 0.717) is 5.82 Å². The van der Waals surface area contributed by atoms with Crippen molar-refractivity contribution in [3.63, 3.8) is 0 Å². The number of hydrogen-bond donors (Lipinski definition) is 2. The van der Waals surface area contributed by atoms with E-state index in [4.69, 9.17) is 5.11 Å². The first-order valence-corrected chi connectivity index (χ1v) is 6.27. The Balaban J connectivity index is 2.52. The summed E-state index contributed by atoms with van der Waals surface area (Å²) >= 11 is 0. The van der Waals surface area contributed by atoms with Crippen LogP contribution in [0.3, 0.4) is 0 Å². The summed E-state index contributed by atoms with van der Waals surface area (Å²) < 4.78 is 0. The van der Waals surface area contributed by atoms with Gasteiger partial charge in [-0.05, 0) is 39.3 Å². The van der Waals surface area contributed by atoms with Gasteiger partial charge in [0.25, 0.3) is 0 Å². The standard InChI is InChI=1S/C15H18N2O2/c1-8-5-6-9(2)12(7-8)13-11(4)16-14(17-13)10(3)15(18)19/h5-7,10H,1-4H3,(H,16,17)(H,18,19). The number of imidazole rings is 1. The van der Waals surface area contributed by atoms with Crippen LogP contribution >= 0.6 is 0 Å². The number of H-pyrrole nitrogens is 1. The van der Waals surface area contributed by atoms with Gasteiger partial charge in [0.1, 0.15) is 11.7 Å². The third-order valence-corrected chi connectivity index (χ3v) is 3.33. The molecular weight excluding hydrogens is 240 g/mol. The number of hydrogen-bond acceptors (Lipinski definition) is 2. The lowest BCUT2D eigenvalue weighted by atomic mass is 10.0. The number of aliphatic carboxylic acids is 1. The number of carboxylic acid groups (broad SMARTS) is 1. The Bertz CT molecular complexity index is 629. The number of nitrogens with zero attached hydrogens (tertiary/aromatic N) is 1. The molecule has 0 radical (unpaired) electrons. The van der Waals surface area contributed by atoms with Crippen molar-refractivity contribution >= 4 is 5.97 Å². The van der Waals surface area contributed by atoms with Crippen LogP contribution in [0.4, 0.5) is 0 Å². The van der Waals surface area contributed by atoms with Crippen LogP contribution in [0.2, 0.25) is 0 Å². The Morgan fingerprint density at radius 3 is 2.63 bits per heavy atom. The molecule has 0 saturated heterocycles. The van der Waals surface area contributed by atoms with E-state index in [-0.39, 0.29) is 0 Å². The van der Waals surface area contributed by atoms with Gasteiger partial charge in [0.2, 0.25) is 0 Å². The molecule has 0 amide bonds. The molecule has 100 valence electrons. The Kier molecular flexibility index (Phi) is 3.42. The van der Waals surface area contributed by atoms with E-state index in [1.54, 1.807) is 6.92 Å². The van der Waals surface area contributed by atoms with E-state index in [2.05, 4.69) is 28.2 Å². The normalized spacial score (nSPS) is 12.4. The Labute approximate surface area is 112 Å². The number of benzene rings is 1. The molecular formula is C15H18N2O2. The van der Waals surface area contributed by atoms with Crippen LogP contribution in [0.15, 0.2) is 18.2 Å². The summed E-state index contributed by atoms with van der Waals surface area (Å²) in [5.74, 6) is -1.00. The maximum Gasteiger partial charge on any atom is 0.313 e. The van der Waals surface area contributed by atoms with E-state index in [1.807, 2.05) is 20.8 Å². The van der Waals surface area contributed by atoms with Crippen LogP contribution in [0.1, 0.15) is 35.5 Å². The third kappa shape index (κ3) is 2.52. The van der Waals surface area contributed by atoms with Crippen LogP contribution in [0.5, 0.6) is 0 Å². The molecule has 4 nitrogen and oxygen atoms in total. The average molecular weight is 258 g/mol. The SMILES string of the molecule is Cc1ccc(C)c(-c2nc(C(C)C(=O)O)[nH]c2C)c1. The van der Waals surface area contributed by atoms with Gasteiger partial charge in [0.15, 0.2) is 0 Å². The molecule has 0 saturated carbocycles. The Hall–Kier alpha value is -2.10. The molecule has 1 atom stereocenters. The molecule has 0 spiro atoms. The number of nitrogens with one attached hydrogen (secondary N) is 1. The molecule has 0 aliphatic rings. The highest BCUT2D eigenvalue weighted by Gasteiger charge is 2.20. The minimum atomic E-state index is -0.874. The van der Waals surface area contributed by atoms with Crippen molar-refractivity contribution in [3.8, 4) is 11.3 Å². The van der Waals surface area contributed by atoms with Gasteiger partial charge in [-0.3, -0.25) is 4.79 Å². The summed E-state index contributed by atoms with van der Waals surface area (Å²) in [5, 5.41) is 9.04. The summed E-state index contributed by atoms with van der Waals surface area (Å²) in [6, 6.07) is 6.19. The van der Waals surface area contributed by atoms with Crippen LogP contribution in [-0.4, -0.2) is 21.0 Å². The maximum absolute atomic E-state index is 11.0. The molecule has 0 fully saturated rings. The molecule has 0 bridgehead atoms. The summed E-state index contributed by atoms with van der Waals surface area (Å²) in [7, 11) is 0. The first-order chi connectivity index (χ1) is 8.90. The predicted molar refractivity (Wildman–Crippen MR) is 74.3 cm³/mol. The monoisotopic (exact) mass is 258 g/mol. The van der Waals surface area contributed by atoms with Crippen molar-refractivity contribution in [1.82, 2.24) is 9.97 Å². The van der Waals surface area contributed by atoms with Crippen molar-refractivity contribution in [2.75, 3.05) is 0 Å². The predicted octanol–water partition coefficient (Wildman–Crippen LogP) is 3.19. The average Bonchev–Trinajstić information content (AvgIpc) is 2.73. The van der Waals surface area contributed by atoms with Crippen molar-refractivity contribution in [3.05, 3.63) is 40.8 Å². The number of carboxylic acids is 1. The molecule has 2 aromatic rings. The quantitative estimate of drug-likeness (QED) is 0.888. The lowest BCUT2D eigenvalue weighted by Crippen LogP contribution is -2.09. The molecule has 1 heterocycles. The first-order valence-electron chi connectivity index (χ1n) is 6.27. The third-order valence-electron chi connectivity index (χ3n) is 3.33. The fraction of sp³-hybridized carbons (Fsp3) is 0.333. The van der Waals surface area contributed by atoms with E-state index >= 15 is 0 Å². The summed E-state index contributed by atoms with van der Waals surface area (Å²) in [6.07, 6.45) is 0. The number of aromatic amines is 1. The van der Waals surface area contributed by atoms with E-state index in [9.17, 15) is 4.79 Å². The molecule has 2 N–H and O–H groups in total. The minimum Gasteiger partial charge on any atom is -0.481 e. The number of rotatable bonds is 3. The van der Waals surface area contributed by atoms with Gasteiger partial charge in [-0.1, -0.05) is 17.7 Å². The van der Waals surface area contributed by atoms with Crippen LogP contribution < -0.4 is 0 Å². The minimum absolute atomic E-state index is 0.501. The lowest BCUT2D eigenvalue weighted by Gasteiger charge is -2.05. The summed E-state index contributed by atoms with van der Waals surface area (Å²) in [4.78, 5) is 18.6. The van der Waals surface area contributed by atoms with E-state index in [1.165, 1.54) is 0 Å². The van der Waals surface area contributed by atoms with Crippen molar-refractivity contribution in [1.29, 1.82) is 0 Å². The highest BCUT2D eigenvalue weighted by molar-refractivity contribution is 5.75. The maximum atomic E-state index is 11.0. The zero-order chi connectivity index (χ0) is 14.2. The smallest absolute Gasteiger partial charge is 0.313 e. The van der Waals surface area contributed by atoms with Crippen molar-refractivity contribution in [2.24, 2.45) is 0 Å². The highest BCUT2D eigenvalue weighted by Crippen LogP contribution is 2.27. The molecule has 0 aliphatic heterocycles. The van der Waals surface area contributed by atoms with Gasteiger partial charge in [0, 0.05) is 11.3 Å². The number of aromatic nitrogens is 2. The molecule has 0 aliphatic carbocycles. The Morgan fingerprint density at radius 2 is 2.00 bits per heavy atom. The Morgan fingerprint density at radius 1 is 1.32 bits per heavy atom. The van der Waals surface area contributed by atoms with Gasteiger partial charge < -0.3 is 10.1 Å². The largest absolute Gasteiger partial charge is 0.481 e. The van der Waals surface area contributed by atoms with Crippen LogP contribution in [-0.2, 0) is 4.79 Å². The second-order valence-electron chi connectivity index (χ2n) is 4.97. The van der Waals surface area contributed by atoms with E-state index < -0.39 is 11.9 Å². The number of aryl methyl sites for hydroxylation is 3. The van der Waals surface area contributed by atoms with Crippen molar-refractivity contribution < 1.29 is 9.90 Å². The van der Waals surface area contributed by atoms with Crippen molar-refractivity contribution in [2.45, 2.75) is 33.6 Å². The van der Waals surface area contributed by atoms with Gasteiger partial charge in [-0.25, -0.2) is 4.98 Å². The first kappa shape index (κ1) is 13.3. The fourth-order valence-corrected chi connectivity index (χ4v) is 2.06. The van der Waals surface area contributed by atoms with Gasteiger partial charge >= 0.3 is 5.97 Å².